The van der Waals surface area contributed by atoms with Crippen LogP contribution in [0.2, 0.25) is 5.15 Å². The highest BCUT2D eigenvalue weighted by Crippen LogP contribution is 2.22. The van der Waals surface area contributed by atoms with Gasteiger partial charge in [0.2, 0.25) is 0 Å². The zero-order valence-electron chi connectivity index (χ0n) is 12.7. The monoisotopic (exact) mass is 339 g/mol. The van der Waals surface area contributed by atoms with Gasteiger partial charge in [-0.05, 0) is 30.0 Å². The molecule has 0 aliphatic carbocycles. The Hall–Kier alpha value is -2.08. The van der Waals surface area contributed by atoms with Crippen molar-refractivity contribution >= 4 is 23.2 Å². The SMILES string of the molecule is CCC(C)c1ccc(NC(=O)c2cnc(C(F)F)nc2Cl)cc1. The third-order valence-corrected chi connectivity index (χ3v) is 3.84. The molecular weight excluding hydrogens is 324 g/mol. The second kappa shape index (κ2) is 7.46. The van der Waals surface area contributed by atoms with Gasteiger partial charge in [0, 0.05) is 11.9 Å². The van der Waals surface area contributed by atoms with Crippen LogP contribution in [0.4, 0.5) is 14.5 Å². The number of amides is 1. The van der Waals surface area contributed by atoms with Crippen molar-refractivity contribution in [2.45, 2.75) is 32.6 Å². The Balaban J connectivity index is 2.13. The molecule has 0 saturated heterocycles. The molecule has 1 aromatic heterocycles. The van der Waals surface area contributed by atoms with Crippen LogP contribution < -0.4 is 5.32 Å². The summed E-state index contributed by atoms with van der Waals surface area (Å²) in [6.07, 6.45) is -0.813. The summed E-state index contributed by atoms with van der Waals surface area (Å²) in [6, 6.07) is 7.42. The second-order valence-corrected chi connectivity index (χ2v) is 5.48. The molecule has 2 rings (SSSR count). The number of halogens is 3. The van der Waals surface area contributed by atoms with Crippen molar-refractivity contribution in [2.75, 3.05) is 5.32 Å². The predicted octanol–water partition coefficient (Wildman–Crippen LogP) is 4.83. The van der Waals surface area contributed by atoms with E-state index in [1.165, 1.54) is 5.56 Å². The Morgan fingerprint density at radius 2 is 1.96 bits per heavy atom. The summed E-state index contributed by atoms with van der Waals surface area (Å²) in [5, 5.41) is 2.34. The van der Waals surface area contributed by atoms with Crippen molar-refractivity contribution in [3.63, 3.8) is 0 Å². The lowest BCUT2D eigenvalue weighted by atomic mass is 9.99. The Morgan fingerprint density at radius 3 is 2.48 bits per heavy atom. The summed E-state index contributed by atoms with van der Waals surface area (Å²) < 4.78 is 24.9. The van der Waals surface area contributed by atoms with E-state index in [0.717, 1.165) is 12.6 Å². The number of hydrogen-bond acceptors (Lipinski definition) is 3. The van der Waals surface area contributed by atoms with Gasteiger partial charge in [0.1, 0.15) is 5.15 Å². The molecule has 0 aliphatic rings. The minimum absolute atomic E-state index is 0.0536. The van der Waals surface area contributed by atoms with Gasteiger partial charge in [-0.15, -0.1) is 0 Å². The van der Waals surface area contributed by atoms with Gasteiger partial charge in [-0.3, -0.25) is 4.79 Å². The standard InChI is InChI=1S/C16H16ClF2N3O/c1-3-9(2)10-4-6-11(7-5-10)21-16(23)12-8-20-15(14(18)19)22-13(12)17/h4-9,14H,3H2,1-2H3,(H,21,23). The molecule has 23 heavy (non-hydrogen) atoms. The van der Waals surface area contributed by atoms with Gasteiger partial charge in [0.15, 0.2) is 5.82 Å². The van der Waals surface area contributed by atoms with Crippen molar-refractivity contribution in [2.24, 2.45) is 0 Å². The van der Waals surface area contributed by atoms with Gasteiger partial charge >= 0.3 is 0 Å². The fourth-order valence-electron chi connectivity index (χ4n) is 1.96. The smallest absolute Gasteiger partial charge is 0.297 e. The summed E-state index contributed by atoms with van der Waals surface area (Å²) in [5.74, 6) is -0.818. The number of alkyl halides is 2. The van der Waals surface area contributed by atoms with Crippen LogP contribution in [0.25, 0.3) is 0 Å². The van der Waals surface area contributed by atoms with Gasteiger partial charge in [-0.2, -0.15) is 0 Å². The van der Waals surface area contributed by atoms with E-state index in [4.69, 9.17) is 11.6 Å². The molecule has 1 atom stereocenters. The van der Waals surface area contributed by atoms with Crippen molar-refractivity contribution in [3.05, 3.63) is 52.6 Å². The number of carbonyl (C=O) groups excluding carboxylic acids is 1. The maximum absolute atomic E-state index is 12.5. The van der Waals surface area contributed by atoms with Crippen molar-refractivity contribution in [1.82, 2.24) is 9.97 Å². The van der Waals surface area contributed by atoms with E-state index < -0.39 is 18.2 Å². The fourth-order valence-corrected chi connectivity index (χ4v) is 2.18. The van der Waals surface area contributed by atoms with E-state index in [1.807, 2.05) is 12.1 Å². The number of rotatable bonds is 5. The number of aromatic nitrogens is 2. The predicted molar refractivity (Wildman–Crippen MR) is 85.1 cm³/mol. The van der Waals surface area contributed by atoms with Crippen LogP contribution >= 0.6 is 11.6 Å². The molecule has 0 fully saturated rings. The molecule has 1 unspecified atom stereocenters. The Labute approximate surface area is 137 Å². The Morgan fingerprint density at radius 1 is 1.30 bits per heavy atom. The van der Waals surface area contributed by atoms with Crippen molar-refractivity contribution in [3.8, 4) is 0 Å². The van der Waals surface area contributed by atoms with E-state index in [-0.39, 0.29) is 10.7 Å². The third kappa shape index (κ3) is 4.22. The molecular formula is C16H16ClF2N3O. The largest absolute Gasteiger partial charge is 0.322 e. The molecule has 0 aliphatic heterocycles. The van der Waals surface area contributed by atoms with Gasteiger partial charge in [-0.25, -0.2) is 18.7 Å². The number of carbonyl (C=O) groups is 1. The first-order valence-corrected chi connectivity index (χ1v) is 7.52. The highest BCUT2D eigenvalue weighted by Gasteiger charge is 2.17. The van der Waals surface area contributed by atoms with Crippen LogP contribution in [0.3, 0.4) is 0 Å². The topological polar surface area (TPSA) is 54.9 Å². The molecule has 0 spiro atoms. The first kappa shape index (κ1) is 17.3. The summed E-state index contributed by atoms with van der Waals surface area (Å²) in [4.78, 5) is 19.0. The molecule has 0 radical (unpaired) electrons. The van der Waals surface area contributed by atoms with Crippen molar-refractivity contribution in [1.29, 1.82) is 0 Å². The molecule has 1 N–H and O–H groups in total. The summed E-state index contributed by atoms with van der Waals surface area (Å²) in [7, 11) is 0. The molecule has 1 aromatic carbocycles. The van der Waals surface area contributed by atoms with Crippen LogP contribution in [0.1, 0.15) is 54.4 Å². The van der Waals surface area contributed by atoms with Crippen LogP contribution in [0, 0.1) is 0 Å². The van der Waals surface area contributed by atoms with E-state index in [1.54, 1.807) is 12.1 Å². The van der Waals surface area contributed by atoms with E-state index in [0.29, 0.717) is 11.6 Å². The molecule has 122 valence electrons. The van der Waals surface area contributed by atoms with Gasteiger partial charge in [0.05, 0.1) is 5.56 Å². The second-order valence-electron chi connectivity index (χ2n) is 5.12. The maximum Gasteiger partial charge on any atom is 0.297 e. The normalized spacial score (nSPS) is 12.3. The number of nitrogens with one attached hydrogen (secondary N) is 1. The fraction of sp³-hybridized carbons (Fsp3) is 0.312. The zero-order chi connectivity index (χ0) is 17.0. The number of hydrogen-bond donors (Lipinski definition) is 1. The van der Waals surface area contributed by atoms with Crippen LogP contribution in [0.5, 0.6) is 0 Å². The minimum atomic E-state index is -2.84. The molecule has 4 nitrogen and oxygen atoms in total. The van der Waals surface area contributed by atoms with Gasteiger partial charge in [0.25, 0.3) is 12.3 Å². The molecule has 1 amide bonds. The zero-order valence-corrected chi connectivity index (χ0v) is 13.4. The quantitative estimate of drug-likeness (QED) is 0.793. The molecule has 0 saturated carbocycles. The lowest BCUT2D eigenvalue weighted by Gasteiger charge is -2.11. The average molecular weight is 340 g/mol. The summed E-state index contributed by atoms with van der Waals surface area (Å²) in [5.41, 5.74) is 1.70. The van der Waals surface area contributed by atoms with E-state index in [9.17, 15) is 13.6 Å². The van der Waals surface area contributed by atoms with Crippen molar-refractivity contribution < 1.29 is 13.6 Å². The molecule has 2 aromatic rings. The van der Waals surface area contributed by atoms with Crippen LogP contribution in [0.15, 0.2) is 30.5 Å². The number of anilines is 1. The van der Waals surface area contributed by atoms with Gasteiger partial charge in [-0.1, -0.05) is 37.6 Å². The minimum Gasteiger partial charge on any atom is -0.322 e. The maximum atomic E-state index is 12.5. The molecule has 7 heteroatoms. The lowest BCUT2D eigenvalue weighted by Crippen LogP contribution is -2.14. The third-order valence-electron chi connectivity index (χ3n) is 3.55. The molecule has 0 bridgehead atoms. The van der Waals surface area contributed by atoms with E-state index in [2.05, 4.69) is 29.1 Å². The number of nitrogens with zero attached hydrogens (tertiary/aromatic N) is 2. The van der Waals surface area contributed by atoms with Crippen LogP contribution in [-0.2, 0) is 0 Å². The highest BCUT2D eigenvalue weighted by atomic mass is 35.5. The first-order valence-electron chi connectivity index (χ1n) is 7.14. The highest BCUT2D eigenvalue weighted by molar-refractivity contribution is 6.33. The Kier molecular flexibility index (Phi) is 5.60. The van der Waals surface area contributed by atoms with Crippen LogP contribution in [-0.4, -0.2) is 15.9 Å². The molecule has 1 heterocycles. The van der Waals surface area contributed by atoms with E-state index >= 15 is 0 Å². The lowest BCUT2D eigenvalue weighted by molar-refractivity contribution is 0.102. The Bertz CT molecular complexity index is 692. The number of benzene rings is 1. The summed E-state index contributed by atoms with van der Waals surface area (Å²) in [6.45, 7) is 4.22. The average Bonchev–Trinajstić information content (AvgIpc) is 2.54. The van der Waals surface area contributed by atoms with Gasteiger partial charge < -0.3 is 5.32 Å². The first-order chi connectivity index (χ1) is 10.9. The summed E-state index contributed by atoms with van der Waals surface area (Å²) >= 11 is 5.77.